The van der Waals surface area contributed by atoms with Crippen LogP contribution < -0.4 is 4.74 Å². The Kier molecular flexibility index (Phi) is 7.74. The van der Waals surface area contributed by atoms with Gasteiger partial charge in [-0.2, -0.15) is 0 Å². The van der Waals surface area contributed by atoms with Gasteiger partial charge in [0.25, 0.3) is 11.7 Å². The van der Waals surface area contributed by atoms with Crippen LogP contribution in [0.5, 0.6) is 5.75 Å². The van der Waals surface area contributed by atoms with Crippen molar-refractivity contribution in [1.82, 2.24) is 4.90 Å². The first-order valence-corrected chi connectivity index (χ1v) is 11.8. The highest BCUT2D eigenvalue weighted by atomic mass is 32.1. The number of Topliss-reactive ketones (excluding diaryl/α,β-unsaturated/α-hetero) is 1. The lowest BCUT2D eigenvalue weighted by Gasteiger charge is -2.24. The van der Waals surface area contributed by atoms with E-state index in [-0.39, 0.29) is 29.9 Å². The van der Waals surface area contributed by atoms with Crippen LogP contribution in [0.15, 0.2) is 41.3 Å². The van der Waals surface area contributed by atoms with Crippen LogP contribution in [-0.2, 0) is 14.3 Å². The van der Waals surface area contributed by atoms with Crippen molar-refractivity contribution < 1.29 is 24.2 Å². The van der Waals surface area contributed by atoms with Gasteiger partial charge < -0.3 is 19.5 Å². The predicted molar refractivity (Wildman–Crippen MR) is 126 cm³/mol. The van der Waals surface area contributed by atoms with E-state index in [2.05, 4.69) is 0 Å². The van der Waals surface area contributed by atoms with Crippen molar-refractivity contribution in [3.63, 3.8) is 0 Å². The molecular weight excluding hydrogens is 426 g/mol. The Balaban J connectivity index is 2.07. The number of hydrogen-bond donors (Lipinski definition) is 1. The molecule has 3 rings (SSSR count). The number of nitrogens with zero attached hydrogens (tertiary/aromatic N) is 1. The zero-order valence-corrected chi connectivity index (χ0v) is 20.1. The van der Waals surface area contributed by atoms with E-state index in [1.807, 2.05) is 58.2 Å². The SMILES string of the molecule is CCOc1ccc(/C(O)=C2/C(=O)C(=O)N(CCOC(C)C)C2c2cccs2)cc1C(C)C. The van der Waals surface area contributed by atoms with Gasteiger partial charge in [-0.1, -0.05) is 19.9 Å². The standard InChI is InChI=1S/C25H31NO5S/c1-6-30-19-10-9-17(14-18(19)15(2)3)23(27)21-22(20-8-7-13-32-20)26(25(29)24(21)28)11-12-31-16(4)5/h7-10,13-16,22,27H,6,11-12H2,1-5H3/b23-21-. The summed E-state index contributed by atoms with van der Waals surface area (Å²) in [7, 11) is 0. The Labute approximate surface area is 193 Å². The molecular formula is C25H31NO5S. The van der Waals surface area contributed by atoms with E-state index < -0.39 is 17.7 Å². The third-order valence-electron chi connectivity index (χ3n) is 5.34. The van der Waals surface area contributed by atoms with Gasteiger partial charge in [0, 0.05) is 17.0 Å². The fraction of sp³-hybridized carbons (Fsp3) is 0.440. The van der Waals surface area contributed by atoms with E-state index in [4.69, 9.17) is 9.47 Å². The molecule has 6 nitrogen and oxygen atoms in total. The van der Waals surface area contributed by atoms with Gasteiger partial charge in [0.1, 0.15) is 11.5 Å². The van der Waals surface area contributed by atoms with Crippen LogP contribution in [0.4, 0.5) is 0 Å². The summed E-state index contributed by atoms with van der Waals surface area (Å²) in [4.78, 5) is 28.3. The van der Waals surface area contributed by atoms with Crippen LogP contribution in [0.25, 0.3) is 5.76 Å². The van der Waals surface area contributed by atoms with E-state index in [0.29, 0.717) is 18.8 Å². The van der Waals surface area contributed by atoms with Crippen LogP contribution in [-0.4, -0.2) is 47.6 Å². The molecule has 2 aromatic rings. The first-order chi connectivity index (χ1) is 15.3. The Morgan fingerprint density at radius 1 is 1.19 bits per heavy atom. The molecule has 0 aliphatic carbocycles. The zero-order chi connectivity index (χ0) is 23.4. The molecule has 1 amide bonds. The second-order valence-electron chi connectivity index (χ2n) is 8.27. The van der Waals surface area contributed by atoms with Crippen molar-refractivity contribution in [1.29, 1.82) is 0 Å². The molecule has 1 aromatic heterocycles. The maximum absolute atomic E-state index is 13.1. The Morgan fingerprint density at radius 3 is 2.53 bits per heavy atom. The molecule has 0 spiro atoms. The molecule has 0 saturated carbocycles. The molecule has 172 valence electrons. The highest BCUT2D eigenvalue weighted by molar-refractivity contribution is 7.10. The number of aliphatic hydroxyl groups is 1. The third-order valence-corrected chi connectivity index (χ3v) is 6.27. The lowest BCUT2D eigenvalue weighted by molar-refractivity contribution is -0.140. The van der Waals surface area contributed by atoms with Gasteiger partial charge in [0.2, 0.25) is 0 Å². The molecule has 1 aliphatic heterocycles. The number of hydrogen-bond acceptors (Lipinski definition) is 6. The number of carbonyl (C=O) groups is 2. The molecule has 1 aromatic carbocycles. The first-order valence-electron chi connectivity index (χ1n) is 11.0. The zero-order valence-electron chi connectivity index (χ0n) is 19.3. The summed E-state index contributed by atoms with van der Waals surface area (Å²) in [6, 6.07) is 8.49. The van der Waals surface area contributed by atoms with Crippen molar-refractivity contribution >= 4 is 28.8 Å². The van der Waals surface area contributed by atoms with E-state index in [9.17, 15) is 14.7 Å². The van der Waals surface area contributed by atoms with Crippen molar-refractivity contribution in [2.45, 2.75) is 52.7 Å². The Morgan fingerprint density at radius 2 is 1.94 bits per heavy atom. The summed E-state index contributed by atoms with van der Waals surface area (Å²) in [5.74, 6) is -0.551. The second kappa shape index (κ2) is 10.3. The third kappa shape index (κ3) is 4.89. The van der Waals surface area contributed by atoms with Crippen molar-refractivity contribution in [2.24, 2.45) is 0 Å². The second-order valence-corrected chi connectivity index (χ2v) is 9.25. The summed E-state index contributed by atoms with van der Waals surface area (Å²) in [6.07, 6.45) is 0.0188. The van der Waals surface area contributed by atoms with Gasteiger partial charge in [-0.05, 0) is 61.9 Å². The summed E-state index contributed by atoms with van der Waals surface area (Å²) in [5.41, 5.74) is 1.54. The molecule has 1 unspecified atom stereocenters. The molecule has 1 N–H and O–H groups in total. The minimum absolute atomic E-state index is 0.0188. The van der Waals surface area contributed by atoms with E-state index in [1.165, 1.54) is 16.2 Å². The summed E-state index contributed by atoms with van der Waals surface area (Å²) >= 11 is 1.45. The van der Waals surface area contributed by atoms with Gasteiger partial charge in [-0.25, -0.2) is 0 Å². The molecule has 1 aliphatic rings. The van der Waals surface area contributed by atoms with Crippen molar-refractivity contribution in [3.05, 3.63) is 57.3 Å². The molecule has 1 saturated heterocycles. The van der Waals surface area contributed by atoms with Gasteiger partial charge >= 0.3 is 0 Å². The minimum atomic E-state index is -0.676. The largest absolute Gasteiger partial charge is 0.507 e. The lowest BCUT2D eigenvalue weighted by Crippen LogP contribution is -2.33. The first kappa shape index (κ1) is 24.0. The van der Waals surface area contributed by atoms with E-state index in [0.717, 1.165) is 16.2 Å². The predicted octanol–water partition coefficient (Wildman–Crippen LogP) is 5.12. The van der Waals surface area contributed by atoms with Gasteiger partial charge in [0.05, 0.1) is 30.9 Å². The normalized spacial score (nSPS) is 18.2. The van der Waals surface area contributed by atoms with Crippen molar-refractivity contribution in [3.8, 4) is 5.75 Å². The van der Waals surface area contributed by atoms with Crippen molar-refractivity contribution in [2.75, 3.05) is 19.8 Å². The number of aliphatic hydroxyl groups excluding tert-OH is 1. The number of ketones is 1. The van der Waals surface area contributed by atoms with Gasteiger partial charge in [0.15, 0.2) is 0 Å². The molecule has 0 bridgehead atoms. The van der Waals surface area contributed by atoms with Crippen LogP contribution in [0.1, 0.15) is 62.6 Å². The maximum Gasteiger partial charge on any atom is 0.295 e. The summed E-state index contributed by atoms with van der Waals surface area (Å²) < 4.78 is 11.3. The lowest BCUT2D eigenvalue weighted by atomic mass is 9.95. The topological polar surface area (TPSA) is 76.1 Å². The molecule has 0 radical (unpaired) electrons. The maximum atomic E-state index is 13.1. The number of amides is 1. The van der Waals surface area contributed by atoms with Crippen LogP contribution >= 0.6 is 11.3 Å². The molecule has 32 heavy (non-hydrogen) atoms. The quantitative estimate of drug-likeness (QED) is 0.321. The summed E-state index contributed by atoms with van der Waals surface area (Å²) in [6.45, 7) is 11.0. The monoisotopic (exact) mass is 457 g/mol. The Bertz CT molecular complexity index is 994. The highest BCUT2D eigenvalue weighted by Crippen LogP contribution is 2.41. The molecule has 1 fully saturated rings. The number of carbonyl (C=O) groups excluding carboxylic acids is 2. The average molecular weight is 458 g/mol. The van der Waals surface area contributed by atoms with Gasteiger partial charge in [-0.15, -0.1) is 11.3 Å². The number of ether oxygens (including phenoxy) is 2. The highest BCUT2D eigenvalue weighted by Gasteiger charge is 2.46. The fourth-order valence-electron chi connectivity index (χ4n) is 3.83. The van der Waals surface area contributed by atoms with Crippen LogP contribution in [0.2, 0.25) is 0 Å². The molecule has 1 atom stereocenters. The van der Waals surface area contributed by atoms with Gasteiger partial charge in [-0.3, -0.25) is 9.59 Å². The number of benzene rings is 1. The van der Waals surface area contributed by atoms with E-state index in [1.54, 1.807) is 12.1 Å². The number of thiophene rings is 1. The molecule has 7 heteroatoms. The average Bonchev–Trinajstić information content (AvgIpc) is 3.36. The summed E-state index contributed by atoms with van der Waals surface area (Å²) in [5, 5.41) is 13.1. The Hall–Kier alpha value is -2.64. The minimum Gasteiger partial charge on any atom is -0.507 e. The molecule has 2 heterocycles. The fourth-order valence-corrected chi connectivity index (χ4v) is 4.67. The smallest absolute Gasteiger partial charge is 0.295 e. The number of likely N-dealkylation sites (tertiary alicyclic amines) is 1. The van der Waals surface area contributed by atoms with E-state index >= 15 is 0 Å². The van der Waals surface area contributed by atoms with Crippen LogP contribution in [0, 0.1) is 0 Å². The number of rotatable bonds is 9. The van der Waals surface area contributed by atoms with Crippen LogP contribution in [0.3, 0.4) is 0 Å².